The van der Waals surface area contributed by atoms with Gasteiger partial charge in [0.1, 0.15) is 11.6 Å². The topological polar surface area (TPSA) is 50.9 Å². The number of anilines is 3. The van der Waals surface area contributed by atoms with Gasteiger partial charge >= 0.3 is 6.18 Å². The van der Waals surface area contributed by atoms with Crippen molar-refractivity contribution in [1.29, 1.82) is 0 Å². The number of hydrogen-bond acceptors (Lipinski definition) is 3. The zero-order chi connectivity index (χ0) is 14.9. The number of nitrogens with two attached hydrogens (primary N) is 1. The molecule has 2 rings (SSSR count). The van der Waals surface area contributed by atoms with Crippen LogP contribution < -0.4 is 11.1 Å². The lowest BCUT2D eigenvalue weighted by atomic mass is 10.1. The normalized spacial score (nSPS) is 11.4. The molecule has 0 radical (unpaired) electrons. The summed E-state index contributed by atoms with van der Waals surface area (Å²) >= 11 is 0. The smallest absolute Gasteiger partial charge is 0.398 e. The second kappa shape index (κ2) is 4.99. The van der Waals surface area contributed by atoms with Gasteiger partial charge in [0.2, 0.25) is 0 Å². The van der Waals surface area contributed by atoms with Crippen LogP contribution in [0.5, 0.6) is 0 Å². The van der Waals surface area contributed by atoms with Crippen molar-refractivity contribution >= 4 is 17.2 Å². The molecule has 106 valence electrons. The molecule has 0 aliphatic rings. The first-order valence-corrected chi connectivity index (χ1v) is 5.63. The molecule has 0 unspecified atom stereocenters. The molecule has 0 spiro atoms. The average molecular weight is 285 g/mol. The molecule has 0 aliphatic heterocycles. The maximum Gasteiger partial charge on any atom is 0.419 e. The van der Waals surface area contributed by atoms with Crippen molar-refractivity contribution in [3.63, 3.8) is 0 Å². The van der Waals surface area contributed by atoms with Gasteiger partial charge in [-0.2, -0.15) is 13.2 Å². The Hall–Kier alpha value is -2.31. The van der Waals surface area contributed by atoms with E-state index in [9.17, 15) is 17.6 Å². The van der Waals surface area contributed by atoms with Crippen molar-refractivity contribution in [2.24, 2.45) is 0 Å². The molecule has 3 N–H and O–H groups in total. The van der Waals surface area contributed by atoms with Gasteiger partial charge < -0.3 is 11.1 Å². The van der Waals surface area contributed by atoms with Gasteiger partial charge in [0.15, 0.2) is 0 Å². The van der Waals surface area contributed by atoms with Crippen LogP contribution >= 0.6 is 0 Å². The van der Waals surface area contributed by atoms with Gasteiger partial charge in [0, 0.05) is 23.6 Å². The van der Waals surface area contributed by atoms with E-state index in [4.69, 9.17) is 5.73 Å². The Bertz CT molecular complexity index is 638. The Morgan fingerprint density at radius 1 is 1.20 bits per heavy atom. The number of pyridine rings is 1. The lowest BCUT2D eigenvalue weighted by Gasteiger charge is -2.12. The molecule has 1 aromatic heterocycles. The van der Waals surface area contributed by atoms with E-state index in [1.807, 2.05) is 0 Å². The van der Waals surface area contributed by atoms with Gasteiger partial charge in [-0.15, -0.1) is 0 Å². The minimum absolute atomic E-state index is 0.0782. The number of nitrogen functional groups attached to an aromatic ring is 1. The van der Waals surface area contributed by atoms with Crippen LogP contribution in [0.15, 0.2) is 30.5 Å². The van der Waals surface area contributed by atoms with Gasteiger partial charge in [-0.05, 0) is 30.7 Å². The molecule has 2 aromatic rings. The largest absolute Gasteiger partial charge is 0.419 e. The van der Waals surface area contributed by atoms with Gasteiger partial charge in [0.05, 0.1) is 5.56 Å². The van der Waals surface area contributed by atoms with Crippen LogP contribution in [-0.2, 0) is 6.18 Å². The van der Waals surface area contributed by atoms with Gasteiger partial charge in [-0.25, -0.2) is 9.37 Å². The second-order valence-corrected chi connectivity index (χ2v) is 4.24. The molecule has 0 aliphatic carbocycles. The molecule has 1 heterocycles. The predicted molar refractivity (Wildman–Crippen MR) is 68.1 cm³/mol. The summed E-state index contributed by atoms with van der Waals surface area (Å²) in [6, 6.07) is 4.13. The van der Waals surface area contributed by atoms with Crippen LogP contribution in [0.25, 0.3) is 0 Å². The van der Waals surface area contributed by atoms with Crippen LogP contribution in [-0.4, -0.2) is 4.98 Å². The fraction of sp³-hybridized carbons (Fsp3) is 0.154. The highest BCUT2D eigenvalue weighted by Gasteiger charge is 2.34. The van der Waals surface area contributed by atoms with Crippen LogP contribution in [0, 0.1) is 12.7 Å². The highest BCUT2D eigenvalue weighted by Crippen LogP contribution is 2.33. The Morgan fingerprint density at radius 2 is 1.90 bits per heavy atom. The van der Waals surface area contributed by atoms with Crippen molar-refractivity contribution in [3.8, 4) is 0 Å². The van der Waals surface area contributed by atoms with E-state index < -0.39 is 17.6 Å². The minimum Gasteiger partial charge on any atom is -0.398 e. The summed E-state index contributed by atoms with van der Waals surface area (Å²) < 4.78 is 50.9. The van der Waals surface area contributed by atoms with E-state index in [0.29, 0.717) is 11.8 Å². The summed E-state index contributed by atoms with van der Waals surface area (Å²) in [6.45, 7) is 1.76. The molecule has 0 amide bonds. The van der Waals surface area contributed by atoms with Crippen LogP contribution in [0.2, 0.25) is 0 Å². The maximum absolute atomic E-state index is 13.1. The Morgan fingerprint density at radius 3 is 2.50 bits per heavy atom. The summed E-state index contributed by atoms with van der Waals surface area (Å²) in [5, 5.41) is 2.65. The first-order chi connectivity index (χ1) is 9.27. The van der Waals surface area contributed by atoms with Gasteiger partial charge in [-0.1, -0.05) is 0 Å². The van der Waals surface area contributed by atoms with Crippen LogP contribution in [0.1, 0.15) is 11.1 Å². The number of aromatic nitrogens is 1. The first kappa shape index (κ1) is 14.1. The molecule has 7 heteroatoms. The predicted octanol–water partition coefficient (Wildman–Crippen LogP) is 3.87. The van der Waals surface area contributed by atoms with Crippen molar-refractivity contribution in [2.45, 2.75) is 13.1 Å². The zero-order valence-corrected chi connectivity index (χ0v) is 10.4. The fourth-order valence-corrected chi connectivity index (χ4v) is 1.58. The van der Waals surface area contributed by atoms with Crippen LogP contribution in [0.4, 0.5) is 34.8 Å². The number of nitrogens with zero attached hydrogens (tertiary/aromatic N) is 1. The standard InChI is InChI=1S/C13H11F4N3/c1-7-6-19-12(5-11(7)18)20-8-2-3-10(14)9(4-8)13(15,16)17/h2-6H,1H3,(H3,18,19,20). The summed E-state index contributed by atoms with van der Waals surface area (Å²) in [4.78, 5) is 3.98. The SMILES string of the molecule is Cc1cnc(Nc2ccc(F)c(C(F)(F)F)c2)cc1N. The molecule has 20 heavy (non-hydrogen) atoms. The number of aryl methyl sites for hydroxylation is 1. The Labute approximate surface area is 112 Å². The minimum atomic E-state index is -4.75. The van der Waals surface area contributed by atoms with E-state index in [1.165, 1.54) is 18.3 Å². The van der Waals surface area contributed by atoms with E-state index in [1.54, 1.807) is 6.92 Å². The number of halogens is 4. The number of nitrogens with one attached hydrogen (secondary N) is 1. The molecule has 0 fully saturated rings. The first-order valence-electron chi connectivity index (χ1n) is 5.63. The summed E-state index contributed by atoms with van der Waals surface area (Å²) in [6.07, 6.45) is -3.26. The number of rotatable bonds is 2. The van der Waals surface area contributed by atoms with E-state index in [2.05, 4.69) is 10.3 Å². The molecule has 0 bridgehead atoms. The molecule has 3 nitrogen and oxygen atoms in total. The second-order valence-electron chi connectivity index (χ2n) is 4.24. The molecule has 1 aromatic carbocycles. The molecule has 0 atom stereocenters. The molecular weight excluding hydrogens is 274 g/mol. The molecular formula is C13H11F4N3. The van der Waals surface area contributed by atoms with Crippen molar-refractivity contribution in [3.05, 3.63) is 47.4 Å². The van der Waals surface area contributed by atoms with Crippen molar-refractivity contribution in [1.82, 2.24) is 4.98 Å². The fourth-order valence-electron chi connectivity index (χ4n) is 1.58. The number of alkyl halides is 3. The van der Waals surface area contributed by atoms with Gasteiger partial charge in [-0.3, -0.25) is 0 Å². The van der Waals surface area contributed by atoms with E-state index in [0.717, 1.165) is 11.6 Å². The summed E-state index contributed by atoms with van der Waals surface area (Å²) in [5.41, 5.74) is 5.64. The van der Waals surface area contributed by atoms with Crippen molar-refractivity contribution < 1.29 is 17.6 Å². The molecule has 0 saturated carbocycles. The lowest BCUT2D eigenvalue weighted by molar-refractivity contribution is -0.139. The Balaban J connectivity index is 2.32. The summed E-state index contributed by atoms with van der Waals surface area (Å²) in [7, 11) is 0. The third-order valence-electron chi connectivity index (χ3n) is 2.69. The highest BCUT2D eigenvalue weighted by molar-refractivity contribution is 5.62. The average Bonchev–Trinajstić information content (AvgIpc) is 2.35. The Kier molecular flexibility index (Phi) is 3.52. The van der Waals surface area contributed by atoms with Crippen LogP contribution in [0.3, 0.4) is 0 Å². The number of benzene rings is 1. The van der Waals surface area contributed by atoms with Gasteiger partial charge in [0.25, 0.3) is 0 Å². The molecule has 0 saturated heterocycles. The lowest BCUT2D eigenvalue weighted by Crippen LogP contribution is -2.08. The van der Waals surface area contributed by atoms with E-state index in [-0.39, 0.29) is 11.5 Å². The van der Waals surface area contributed by atoms with E-state index >= 15 is 0 Å². The monoisotopic (exact) mass is 285 g/mol. The third kappa shape index (κ3) is 2.98. The van der Waals surface area contributed by atoms with Crippen molar-refractivity contribution in [2.75, 3.05) is 11.1 Å². The third-order valence-corrected chi connectivity index (χ3v) is 2.69. The maximum atomic E-state index is 13.1. The quantitative estimate of drug-likeness (QED) is 0.823. The zero-order valence-electron chi connectivity index (χ0n) is 10.4. The highest BCUT2D eigenvalue weighted by atomic mass is 19.4. The number of hydrogen-bond donors (Lipinski definition) is 2. The summed E-state index contributed by atoms with van der Waals surface area (Å²) in [5.74, 6) is -1.03.